The Morgan fingerprint density at radius 1 is 1.17 bits per heavy atom. The number of carbonyl (C=O) groups is 1. The average Bonchev–Trinajstić information content (AvgIpc) is 3.10. The highest BCUT2D eigenvalue weighted by atomic mass is 32.2. The number of hydrogen-bond donors (Lipinski definition) is 2. The molecule has 24 heavy (non-hydrogen) atoms. The summed E-state index contributed by atoms with van der Waals surface area (Å²) in [6.07, 6.45) is 4.00. The standard InChI is InChI=1S/C15H16N4O4S/c20-14(13-3-1-10-23-13)18-11-4-6-12(7-5-11)24(21,22)19-15-16-8-2-9-17-15/h2,4-9,13H,1,3,10H2,(H,18,20)(H,16,17,19)/t13-/m1/s1. The molecular formula is C15H16N4O4S. The minimum Gasteiger partial charge on any atom is -0.368 e. The fourth-order valence-corrected chi connectivity index (χ4v) is 3.21. The summed E-state index contributed by atoms with van der Waals surface area (Å²) in [7, 11) is -3.79. The van der Waals surface area contributed by atoms with Gasteiger partial charge in [-0.25, -0.2) is 23.1 Å². The van der Waals surface area contributed by atoms with Crippen molar-refractivity contribution in [3.63, 3.8) is 0 Å². The highest BCUT2D eigenvalue weighted by Crippen LogP contribution is 2.18. The van der Waals surface area contributed by atoms with Gasteiger partial charge in [-0.15, -0.1) is 0 Å². The number of hydrogen-bond acceptors (Lipinski definition) is 6. The summed E-state index contributed by atoms with van der Waals surface area (Å²) >= 11 is 0. The molecule has 8 nitrogen and oxygen atoms in total. The largest absolute Gasteiger partial charge is 0.368 e. The molecule has 0 unspecified atom stereocenters. The number of benzene rings is 1. The second-order valence-electron chi connectivity index (χ2n) is 5.19. The molecule has 0 aliphatic carbocycles. The first-order valence-corrected chi connectivity index (χ1v) is 8.85. The molecule has 1 aromatic heterocycles. The van der Waals surface area contributed by atoms with Gasteiger partial charge in [0.25, 0.3) is 15.9 Å². The first kappa shape index (κ1) is 16.3. The maximum absolute atomic E-state index is 12.2. The maximum Gasteiger partial charge on any atom is 0.264 e. The van der Waals surface area contributed by atoms with E-state index in [-0.39, 0.29) is 16.8 Å². The molecule has 2 heterocycles. The highest BCUT2D eigenvalue weighted by molar-refractivity contribution is 7.92. The number of anilines is 2. The van der Waals surface area contributed by atoms with Gasteiger partial charge in [0, 0.05) is 24.7 Å². The number of ether oxygens (including phenoxy) is 1. The van der Waals surface area contributed by atoms with Crippen LogP contribution in [0, 0.1) is 0 Å². The molecule has 0 radical (unpaired) electrons. The van der Waals surface area contributed by atoms with Crippen LogP contribution in [0.15, 0.2) is 47.6 Å². The van der Waals surface area contributed by atoms with Crippen LogP contribution in [0.3, 0.4) is 0 Å². The third kappa shape index (κ3) is 3.87. The van der Waals surface area contributed by atoms with E-state index in [1.165, 1.54) is 36.7 Å². The summed E-state index contributed by atoms with van der Waals surface area (Å²) in [6, 6.07) is 7.43. The van der Waals surface area contributed by atoms with Crippen molar-refractivity contribution in [1.29, 1.82) is 0 Å². The van der Waals surface area contributed by atoms with Gasteiger partial charge in [0.2, 0.25) is 5.95 Å². The number of sulfonamides is 1. The fraction of sp³-hybridized carbons (Fsp3) is 0.267. The Hall–Kier alpha value is -2.52. The third-order valence-corrected chi connectivity index (χ3v) is 4.79. The molecule has 2 N–H and O–H groups in total. The molecule has 1 aliphatic rings. The number of aromatic nitrogens is 2. The summed E-state index contributed by atoms with van der Waals surface area (Å²) in [5.74, 6) is -0.229. The maximum atomic E-state index is 12.2. The number of nitrogens with zero attached hydrogens (tertiary/aromatic N) is 2. The van der Waals surface area contributed by atoms with Crippen LogP contribution >= 0.6 is 0 Å². The van der Waals surface area contributed by atoms with Gasteiger partial charge >= 0.3 is 0 Å². The van der Waals surface area contributed by atoms with Crippen LogP contribution in [-0.4, -0.2) is 37.0 Å². The normalized spacial score (nSPS) is 17.4. The number of carbonyl (C=O) groups excluding carboxylic acids is 1. The lowest BCUT2D eigenvalue weighted by molar-refractivity contribution is -0.124. The lowest BCUT2D eigenvalue weighted by Gasteiger charge is -2.11. The van der Waals surface area contributed by atoms with Crippen molar-refractivity contribution < 1.29 is 17.9 Å². The molecule has 1 amide bonds. The van der Waals surface area contributed by atoms with Crippen molar-refractivity contribution >= 4 is 27.6 Å². The van der Waals surface area contributed by atoms with Crippen LogP contribution in [0.25, 0.3) is 0 Å². The fourth-order valence-electron chi connectivity index (χ4n) is 2.26. The SMILES string of the molecule is O=C(Nc1ccc(S(=O)(=O)Nc2ncccn2)cc1)[C@H]1CCCO1. The van der Waals surface area contributed by atoms with Gasteiger partial charge in [-0.3, -0.25) is 4.79 Å². The van der Waals surface area contributed by atoms with Gasteiger partial charge in [0.1, 0.15) is 6.10 Å². The lowest BCUT2D eigenvalue weighted by atomic mass is 10.2. The van der Waals surface area contributed by atoms with Crippen LogP contribution in [0.1, 0.15) is 12.8 Å². The Morgan fingerprint density at radius 2 is 1.88 bits per heavy atom. The summed E-state index contributed by atoms with van der Waals surface area (Å²) < 4.78 is 32.1. The molecule has 0 saturated carbocycles. The second kappa shape index (κ2) is 6.93. The monoisotopic (exact) mass is 348 g/mol. The summed E-state index contributed by atoms with van der Waals surface area (Å²) in [4.78, 5) is 19.6. The van der Waals surface area contributed by atoms with Crippen molar-refractivity contribution in [2.24, 2.45) is 0 Å². The van der Waals surface area contributed by atoms with E-state index in [2.05, 4.69) is 20.0 Å². The topological polar surface area (TPSA) is 110 Å². The van der Waals surface area contributed by atoms with E-state index in [1.807, 2.05) is 0 Å². The summed E-state index contributed by atoms with van der Waals surface area (Å²) in [5.41, 5.74) is 0.505. The van der Waals surface area contributed by atoms with Crippen LogP contribution < -0.4 is 10.0 Å². The zero-order valence-corrected chi connectivity index (χ0v) is 13.5. The molecule has 9 heteroatoms. The van der Waals surface area contributed by atoms with Gasteiger partial charge < -0.3 is 10.1 Å². The molecule has 1 aliphatic heterocycles. The van der Waals surface area contributed by atoms with Crippen molar-refractivity contribution in [3.05, 3.63) is 42.7 Å². The Balaban J connectivity index is 1.68. The van der Waals surface area contributed by atoms with E-state index in [0.29, 0.717) is 18.7 Å². The Labute approximate surface area is 139 Å². The van der Waals surface area contributed by atoms with Crippen LogP contribution in [-0.2, 0) is 19.6 Å². The van der Waals surface area contributed by atoms with Gasteiger partial charge in [0.05, 0.1) is 4.90 Å². The number of amides is 1. The van der Waals surface area contributed by atoms with E-state index in [9.17, 15) is 13.2 Å². The highest BCUT2D eigenvalue weighted by Gasteiger charge is 2.23. The van der Waals surface area contributed by atoms with Gasteiger partial charge in [-0.1, -0.05) is 0 Å². The van der Waals surface area contributed by atoms with E-state index in [4.69, 9.17) is 4.74 Å². The minimum absolute atomic E-state index is 0.00624. The van der Waals surface area contributed by atoms with Crippen LogP contribution in [0.2, 0.25) is 0 Å². The predicted octanol–water partition coefficient (Wildman–Crippen LogP) is 1.39. The zero-order valence-electron chi connectivity index (χ0n) is 12.7. The first-order chi connectivity index (χ1) is 11.5. The predicted molar refractivity (Wildman–Crippen MR) is 86.9 cm³/mol. The molecule has 2 aromatic rings. The summed E-state index contributed by atoms with van der Waals surface area (Å²) in [5, 5.41) is 2.71. The zero-order chi connectivity index (χ0) is 17.0. The van der Waals surface area contributed by atoms with Crippen molar-refractivity contribution in [3.8, 4) is 0 Å². The number of rotatable bonds is 5. The van der Waals surface area contributed by atoms with E-state index >= 15 is 0 Å². The van der Waals surface area contributed by atoms with Crippen molar-refractivity contribution in [2.75, 3.05) is 16.6 Å². The Morgan fingerprint density at radius 3 is 2.50 bits per heavy atom. The summed E-state index contributed by atoms with van der Waals surface area (Å²) in [6.45, 7) is 0.586. The lowest BCUT2D eigenvalue weighted by Crippen LogP contribution is -2.26. The van der Waals surface area contributed by atoms with Crippen LogP contribution in [0.5, 0.6) is 0 Å². The number of nitrogens with one attached hydrogen (secondary N) is 2. The quantitative estimate of drug-likeness (QED) is 0.845. The molecule has 0 bridgehead atoms. The third-order valence-electron chi connectivity index (χ3n) is 3.45. The van der Waals surface area contributed by atoms with Gasteiger partial charge in [0.15, 0.2) is 0 Å². The molecule has 1 saturated heterocycles. The van der Waals surface area contributed by atoms with E-state index < -0.39 is 16.1 Å². The Kier molecular flexibility index (Phi) is 4.72. The minimum atomic E-state index is -3.79. The van der Waals surface area contributed by atoms with Gasteiger partial charge in [-0.2, -0.15) is 0 Å². The molecular weight excluding hydrogens is 332 g/mol. The van der Waals surface area contributed by atoms with E-state index in [0.717, 1.165) is 6.42 Å². The van der Waals surface area contributed by atoms with Crippen molar-refractivity contribution in [2.45, 2.75) is 23.8 Å². The van der Waals surface area contributed by atoms with Crippen LogP contribution in [0.4, 0.5) is 11.6 Å². The van der Waals surface area contributed by atoms with Gasteiger partial charge in [-0.05, 0) is 43.2 Å². The average molecular weight is 348 g/mol. The molecule has 1 aromatic carbocycles. The Bertz CT molecular complexity index is 803. The second-order valence-corrected chi connectivity index (χ2v) is 6.88. The molecule has 1 atom stereocenters. The first-order valence-electron chi connectivity index (χ1n) is 7.37. The smallest absolute Gasteiger partial charge is 0.264 e. The molecule has 3 rings (SSSR count). The molecule has 1 fully saturated rings. The van der Waals surface area contributed by atoms with E-state index in [1.54, 1.807) is 6.07 Å². The molecule has 126 valence electrons. The molecule has 0 spiro atoms. The van der Waals surface area contributed by atoms with Crippen molar-refractivity contribution in [1.82, 2.24) is 9.97 Å².